The van der Waals surface area contributed by atoms with E-state index in [1.807, 2.05) is 30.5 Å². The van der Waals surface area contributed by atoms with Gasteiger partial charge in [-0.3, -0.25) is 19.5 Å². The quantitative estimate of drug-likeness (QED) is 0.456. The van der Waals surface area contributed by atoms with Crippen molar-refractivity contribution >= 4 is 45.9 Å². The number of para-hydroxylation sites is 1. The van der Waals surface area contributed by atoms with Gasteiger partial charge in [-0.15, -0.1) is 11.3 Å². The lowest BCUT2D eigenvalue weighted by atomic mass is 10.2. The molecule has 0 unspecified atom stereocenters. The first-order valence-electron chi connectivity index (χ1n) is 8.81. The van der Waals surface area contributed by atoms with E-state index in [1.54, 1.807) is 29.5 Å². The highest BCUT2D eigenvalue weighted by atomic mass is 32.2. The van der Waals surface area contributed by atoms with Crippen molar-refractivity contribution in [2.75, 3.05) is 12.3 Å². The Kier molecular flexibility index (Phi) is 6.83. The molecule has 3 rings (SSSR count). The molecule has 0 radical (unpaired) electrons. The van der Waals surface area contributed by atoms with Crippen molar-refractivity contribution in [2.24, 2.45) is 0 Å². The summed E-state index contributed by atoms with van der Waals surface area (Å²) in [6, 6.07) is 10.5. The third-order valence-electron chi connectivity index (χ3n) is 3.97. The summed E-state index contributed by atoms with van der Waals surface area (Å²) >= 11 is 2.76. The first kappa shape index (κ1) is 20.1. The molecule has 146 valence electrons. The summed E-state index contributed by atoms with van der Waals surface area (Å²) in [5.74, 6) is -0.452. The van der Waals surface area contributed by atoms with Gasteiger partial charge < -0.3 is 5.32 Å². The van der Waals surface area contributed by atoms with Gasteiger partial charge >= 0.3 is 6.03 Å². The van der Waals surface area contributed by atoms with Gasteiger partial charge in [0.05, 0.1) is 16.7 Å². The first-order chi connectivity index (χ1) is 13.6. The smallest absolute Gasteiger partial charge is 0.321 e. The Morgan fingerprint density at radius 1 is 1.21 bits per heavy atom. The molecule has 9 heteroatoms. The number of amides is 3. The van der Waals surface area contributed by atoms with Gasteiger partial charge in [0.15, 0.2) is 5.16 Å². The van der Waals surface area contributed by atoms with Crippen LogP contribution in [-0.2, 0) is 17.8 Å². The van der Waals surface area contributed by atoms with Gasteiger partial charge in [0.2, 0.25) is 5.91 Å². The van der Waals surface area contributed by atoms with E-state index in [9.17, 15) is 14.4 Å². The second kappa shape index (κ2) is 9.52. The van der Waals surface area contributed by atoms with E-state index in [1.165, 1.54) is 9.44 Å². The number of nitrogens with zero attached hydrogens (tertiary/aromatic N) is 2. The molecule has 0 atom stereocenters. The SMILES string of the molecule is CCn1c(SCC(=O)NC(=O)NCCc2cccs2)nc2ccccc2c1=O. The maximum absolute atomic E-state index is 12.6. The number of imide groups is 1. The average Bonchev–Trinajstić information content (AvgIpc) is 3.20. The zero-order valence-corrected chi connectivity index (χ0v) is 16.9. The molecule has 7 nitrogen and oxygen atoms in total. The van der Waals surface area contributed by atoms with Crippen molar-refractivity contribution < 1.29 is 9.59 Å². The van der Waals surface area contributed by atoms with E-state index >= 15 is 0 Å². The van der Waals surface area contributed by atoms with Gasteiger partial charge in [0.25, 0.3) is 5.56 Å². The molecule has 0 aliphatic rings. The Balaban J connectivity index is 1.55. The van der Waals surface area contributed by atoms with Crippen molar-refractivity contribution in [3.63, 3.8) is 0 Å². The molecule has 2 heterocycles. The first-order valence-corrected chi connectivity index (χ1v) is 10.7. The van der Waals surface area contributed by atoms with E-state index in [0.717, 1.165) is 18.2 Å². The van der Waals surface area contributed by atoms with Crippen molar-refractivity contribution in [1.82, 2.24) is 20.2 Å². The van der Waals surface area contributed by atoms with Gasteiger partial charge in [-0.2, -0.15) is 0 Å². The molecule has 0 aliphatic carbocycles. The highest BCUT2D eigenvalue weighted by molar-refractivity contribution is 7.99. The van der Waals surface area contributed by atoms with Crippen LogP contribution in [0.3, 0.4) is 0 Å². The van der Waals surface area contributed by atoms with Crippen molar-refractivity contribution in [3.05, 3.63) is 57.0 Å². The molecule has 28 heavy (non-hydrogen) atoms. The molecule has 0 spiro atoms. The lowest BCUT2D eigenvalue weighted by molar-refractivity contribution is -0.117. The van der Waals surface area contributed by atoms with Crippen LogP contribution in [0.5, 0.6) is 0 Å². The number of hydrogen-bond acceptors (Lipinski definition) is 6. The normalized spacial score (nSPS) is 10.8. The Morgan fingerprint density at radius 3 is 2.79 bits per heavy atom. The van der Waals surface area contributed by atoms with Gasteiger partial charge in [-0.05, 0) is 36.9 Å². The van der Waals surface area contributed by atoms with E-state index < -0.39 is 11.9 Å². The van der Waals surface area contributed by atoms with E-state index in [2.05, 4.69) is 15.6 Å². The number of thiophene rings is 1. The van der Waals surface area contributed by atoms with Crippen LogP contribution in [0.1, 0.15) is 11.8 Å². The topological polar surface area (TPSA) is 93.1 Å². The fourth-order valence-corrected chi connectivity index (χ4v) is 4.20. The Labute approximate surface area is 170 Å². The number of fused-ring (bicyclic) bond motifs is 1. The molecule has 0 aliphatic heterocycles. The van der Waals surface area contributed by atoms with E-state index in [4.69, 9.17) is 0 Å². The van der Waals surface area contributed by atoms with Crippen molar-refractivity contribution in [2.45, 2.75) is 25.0 Å². The number of nitrogens with one attached hydrogen (secondary N) is 2. The maximum Gasteiger partial charge on any atom is 0.321 e. The molecule has 2 aromatic heterocycles. The van der Waals surface area contributed by atoms with E-state index in [0.29, 0.717) is 29.1 Å². The lowest BCUT2D eigenvalue weighted by Crippen LogP contribution is -2.41. The summed E-state index contributed by atoms with van der Waals surface area (Å²) < 4.78 is 1.53. The summed E-state index contributed by atoms with van der Waals surface area (Å²) in [4.78, 5) is 42.1. The number of aromatic nitrogens is 2. The van der Waals surface area contributed by atoms with Crippen LogP contribution in [0, 0.1) is 0 Å². The van der Waals surface area contributed by atoms with Gasteiger partial charge in [0, 0.05) is 18.0 Å². The maximum atomic E-state index is 12.6. The summed E-state index contributed by atoms with van der Waals surface area (Å²) in [6.45, 7) is 2.75. The Bertz CT molecular complexity index is 1030. The largest absolute Gasteiger partial charge is 0.337 e. The standard InChI is InChI=1S/C19H20N4O3S2/c1-2-23-17(25)14-7-3-4-8-15(14)21-19(23)28-12-16(24)22-18(26)20-10-9-13-6-5-11-27-13/h3-8,11H,2,9-10,12H2,1H3,(H2,20,22,24,26). The molecular weight excluding hydrogens is 396 g/mol. The number of hydrogen-bond donors (Lipinski definition) is 2. The van der Waals surface area contributed by atoms with Crippen LogP contribution < -0.4 is 16.2 Å². The van der Waals surface area contributed by atoms with Crippen molar-refractivity contribution in [3.8, 4) is 0 Å². The Hall–Kier alpha value is -2.65. The second-order valence-electron chi connectivity index (χ2n) is 5.88. The number of benzene rings is 1. The molecule has 1 aromatic carbocycles. The molecule has 3 amide bonds. The summed E-state index contributed by atoms with van der Waals surface area (Å²) in [5, 5.41) is 7.94. The number of carbonyl (C=O) groups is 2. The fraction of sp³-hybridized carbons (Fsp3) is 0.263. The fourth-order valence-electron chi connectivity index (χ4n) is 2.63. The summed E-state index contributed by atoms with van der Waals surface area (Å²) in [7, 11) is 0. The number of thioether (sulfide) groups is 1. The third-order valence-corrected chi connectivity index (χ3v) is 5.88. The summed E-state index contributed by atoms with van der Waals surface area (Å²) in [6.07, 6.45) is 0.720. The van der Waals surface area contributed by atoms with Crippen LogP contribution in [0.4, 0.5) is 4.79 Å². The highest BCUT2D eigenvalue weighted by Gasteiger charge is 2.13. The van der Waals surface area contributed by atoms with Gasteiger partial charge in [-0.1, -0.05) is 30.0 Å². The zero-order chi connectivity index (χ0) is 19.9. The lowest BCUT2D eigenvalue weighted by Gasteiger charge is -2.11. The highest BCUT2D eigenvalue weighted by Crippen LogP contribution is 2.17. The van der Waals surface area contributed by atoms with Crippen LogP contribution in [0.2, 0.25) is 0 Å². The number of urea groups is 1. The molecule has 0 fully saturated rings. The third kappa shape index (κ3) is 4.99. The minimum absolute atomic E-state index is 0.0108. The van der Waals surface area contributed by atoms with Crippen molar-refractivity contribution in [1.29, 1.82) is 0 Å². The zero-order valence-electron chi connectivity index (χ0n) is 15.3. The molecule has 2 N–H and O–H groups in total. The number of rotatable bonds is 7. The van der Waals surface area contributed by atoms with E-state index in [-0.39, 0.29) is 11.3 Å². The monoisotopic (exact) mass is 416 g/mol. The minimum Gasteiger partial charge on any atom is -0.337 e. The molecule has 0 bridgehead atoms. The Morgan fingerprint density at radius 2 is 2.04 bits per heavy atom. The predicted molar refractivity (Wildman–Crippen MR) is 112 cm³/mol. The van der Waals surface area contributed by atoms with Crippen LogP contribution >= 0.6 is 23.1 Å². The minimum atomic E-state index is -0.526. The predicted octanol–water partition coefficient (Wildman–Crippen LogP) is 2.64. The van der Waals surface area contributed by atoms with Gasteiger partial charge in [0.1, 0.15) is 0 Å². The van der Waals surface area contributed by atoms with Gasteiger partial charge in [-0.25, -0.2) is 9.78 Å². The average molecular weight is 417 g/mol. The van der Waals surface area contributed by atoms with Crippen LogP contribution in [0.25, 0.3) is 10.9 Å². The van der Waals surface area contributed by atoms with Crippen LogP contribution in [0.15, 0.2) is 51.7 Å². The molecule has 3 aromatic rings. The van der Waals surface area contributed by atoms with Crippen LogP contribution in [-0.4, -0.2) is 33.8 Å². The molecular formula is C19H20N4O3S2. The summed E-state index contributed by atoms with van der Waals surface area (Å²) in [5.41, 5.74) is 0.453. The number of carbonyl (C=O) groups excluding carboxylic acids is 2. The molecule has 0 saturated heterocycles. The molecule has 0 saturated carbocycles. The second-order valence-corrected chi connectivity index (χ2v) is 7.86.